The normalized spacial score (nSPS) is 20.0. The molecule has 0 bridgehead atoms. The molecule has 0 radical (unpaired) electrons. The fourth-order valence-electron chi connectivity index (χ4n) is 2.99. The third-order valence-corrected chi connectivity index (χ3v) is 4.10. The van der Waals surface area contributed by atoms with E-state index < -0.39 is 0 Å². The van der Waals surface area contributed by atoms with Gasteiger partial charge in [-0.3, -0.25) is 9.78 Å². The highest BCUT2D eigenvalue weighted by atomic mass is 16.5. The lowest BCUT2D eigenvalue weighted by Gasteiger charge is -2.29. The highest BCUT2D eigenvalue weighted by Gasteiger charge is 2.24. The number of nitrogen functional groups attached to an aromatic ring is 1. The van der Waals surface area contributed by atoms with Crippen LogP contribution in [0.25, 0.3) is 11.0 Å². The first kappa shape index (κ1) is 16.1. The molecule has 0 atom stereocenters. The van der Waals surface area contributed by atoms with Crippen LogP contribution in [0.15, 0.2) is 24.5 Å². The van der Waals surface area contributed by atoms with E-state index in [0.717, 1.165) is 36.7 Å². The molecule has 3 rings (SSSR count). The first-order valence-corrected chi connectivity index (χ1v) is 8.06. The van der Waals surface area contributed by atoms with Crippen molar-refractivity contribution in [2.24, 2.45) is 0 Å². The molecular weight excluding hydrogens is 304 g/mol. The summed E-state index contributed by atoms with van der Waals surface area (Å²) in [6, 6.07) is 3.74. The molecule has 1 saturated carbocycles. The molecule has 2 aromatic rings. The third-order valence-electron chi connectivity index (χ3n) is 4.10. The highest BCUT2D eigenvalue weighted by Crippen LogP contribution is 2.30. The summed E-state index contributed by atoms with van der Waals surface area (Å²) in [6.07, 6.45) is 6.83. The van der Waals surface area contributed by atoms with Crippen LogP contribution in [0.3, 0.4) is 0 Å². The predicted octanol–water partition coefficient (Wildman–Crippen LogP) is 2.04. The Morgan fingerprint density at radius 3 is 2.75 bits per heavy atom. The zero-order valence-electron chi connectivity index (χ0n) is 13.6. The van der Waals surface area contributed by atoms with E-state index in [1.54, 1.807) is 31.5 Å². The second-order valence-corrected chi connectivity index (χ2v) is 5.88. The SMILES string of the molecule is CC#CC(=O)NC1CCC(Oc2cc(N)cc3nccnc23)CC1. The van der Waals surface area contributed by atoms with Crippen molar-refractivity contribution in [3.8, 4) is 17.6 Å². The molecule has 6 nitrogen and oxygen atoms in total. The summed E-state index contributed by atoms with van der Waals surface area (Å²) in [6.45, 7) is 1.66. The number of anilines is 1. The quantitative estimate of drug-likeness (QED) is 0.666. The van der Waals surface area contributed by atoms with Crippen molar-refractivity contribution < 1.29 is 9.53 Å². The molecule has 1 aliphatic rings. The van der Waals surface area contributed by atoms with Gasteiger partial charge in [-0.2, -0.15) is 0 Å². The van der Waals surface area contributed by atoms with Crippen LogP contribution in [-0.2, 0) is 4.79 Å². The fraction of sp³-hybridized carbons (Fsp3) is 0.389. The Kier molecular flexibility index (Phi) is 4.80. The van der Waals surface area contributed by atoms with E-state index in [4.69, 9.17) is 10.5 Å². The summed E-state index contributed by atoms with van der Waals surface area (Å²) in [4.78, 5) is 20.1. The standard InChI is InChI=1S/C18H20N4O2/c1-2-3-17(23)22-13-4-6-14(7-5-13)24-16-11-12(19)10-15-18(16)21-9-8-20-15/h8-11,13-14H,4-7,19H2,1H3,(H,22,23). The van der Waals surface area contributed by atoms with Crippen LogP contribution >= 0.6 is 0 Å². The van der Waals surface area contributed by atoms with Gasteiger partial charge in [0.2, 0.25) is 0 Å². The van der Waals surface area contributed by atoms with Crippen LogP contribution in [0.4, 0.5) is 5.69 Å². The van der Waals surface area contributed by atoms with Crippen molar-refractivity contribution in [3.63, 3.8) is 0 Å². The molecule has 0 unspecified atom stereocenters. The Morgan fingerprint density at radius 2 is 2.00 bits per heavy atom. The van der Waals surface area contributed by atoms with Crippen molar-refractivity contribution in [2.75, 3.05) is 5.73 Å². The maximum Gasteiger partial charge on any atom is 0.296 e. The largest absolute Gasteiger partial charge is 0.488 e. The first-order chi connectivity index (χ1) is 11.7. The molecular formula is C18H20N4O2. The van der Waals surface area contributed by atoms with Crippen LogP contribution in [-0.4, -0.2) is 28.0 Å². The summed E-state index contributed by atoms with van der Waals surface area (Å²) in [5.74, 6) is 5.58. The van der Waals surface area contributed by atoms with E-state index in [2.05, 4.69) is 27.1 Å². The number of ether oxygens (including phenoxy) is 1. The number of hydrogen-bond acceptors (Lipinski definition) is 5. The first-order valence-electron chi connectivity index (χ1n) is 8.06. The van der Waals surface area contributed by atoms with Crippen molar-refractivity contribution in [2.45, 2.75) is 44.8 Å². The van der Waals surface area contributed by atoms with Crippen LogP contribution in [0.1, 0.15) is 32.6 Å². The number of nitrogens with two attached hydrogens (primary N) is 1. The summed E-state index contributed by atoms with van der Waals surface area (Å²) in [7, 11) is 0. The number of amides is 1. The number of nitrogens with zero attached hydrogens (tertiary/aromatic N) is 2. The maximum atomic E-state index is 11.5. The number of benzene rings is 1. The second-order valence-electron chi connectivity index (χ2n) is 5.88. The minimum Gasteiger partial charge on any atom is -0.488 e. The Bertz CT molecular complexity index is 802. The molecule has 1 aliphatic carbocycles. The summed E-state index contributed by atoms with van der Waals surface area (Å²) >= 11 is 0. The van der Waals surface area contributed by atoms with Gasteiger partial charge in [0, 0.05) is 30.2 Å². The number of nitrogens with one attached hydrogen (secondary N) is 1. The molecule has 0 saturated heterocycles. The van der Waals surface area contributed by atoms with Gasteiger partial charge >= 0.3 is 0 Å². The van der Waals surface area contributed by atoms with Gasteiger partial charge in [-0.15, -0.1) is 0 Å². The number of fused-ring (bicyclic) bond motifs is 1. The molecule has 3 N–H and O–H groups in total. The number of rotatable bonds is 3. The summed E-state index contributed by atoms with van der Waals surface area (Å²) < 4.78 is 6.13. The molecule has 1 aromatic heterocycles. The Morgan fingerprint density at radius 1 is 1.25 bits per heavy atom. The molecule has 1 heterocycles. The van der Waals surface area contributed by atoms with E-state index >= 15 is 0 Å². The lowest BCUT2D eigenvalue weighted by atomic mass is 9.93. The highest BCUT2D eigenvalue weighted by molar-refractivity contribution is 5.93. The number of carbonyl (C=O) groups excluding carboxylic acids is 1. The zero-order valence-corrected chi connectivity index (χ0v) is 13.6. The van der Waals surface area contributed by atoms with Crippen LogP contribution in [0.5, 0.6) is 5.75 Å². The molecule has 0 spiro atoms. The average Bonchev–Trinajstić information content (AvgIpc) is 2.57. The Balaban J connectivity index is 1.64. The number of hydrogen-bond donors (Lipinski definition) is 2. The van der Waals surface area contributed by atoms with Gasteiger partial charge in [0.1, 0.15) is 11.3 Å². The van der Waals surface area contributed by atoms with Crippen molar-refractivity contribution in [1.82, 2.24) is 15.3 Å². The van der Waals surface area contributed by atoms with E-state index in [0.29, 0.717) is 11.4 Å². The van der Waals surface area contributed by atoms with Gasteiger partial charge < -0.3 is 15.8 Å². The van der Waals surface area contributed by atoms with Crippen molar-refractivity contribution in [3.05, 3.63) is 24.5 Å². The van der Waals surface area contributed by atoms with Crippen LogP contribution < -0.4 is 15.8 Å². The van der Waals surface area contributed by atoms with Crippen LogP contribution in [0, 0.1) is 11.8 Å². The van der Waals surface area contributed by atoms with E-state index in [-0.39, 0.29) is 18.1 Å². The monoisotopic (exact) mass is 324 g/mol. The predicted molar refractivity (Wildman–Crippen MR) is 92.2 cm³/mol. The third kappa shape index (κ3) is 3.74. The summed E-state index contributed by atoms with van der Waals surface area (Å²) in [5, 5.41) is 2.93. The number of carbonyl (C=O) groups is 1. The van der Waals surface area contributed by atoms with Crippen molar-refractivity contribution >= 4 is 22.6 Å². The van der Waals surface area contributed by atoms with Gasteiger partial charge in [-0.05, 0) is 44.6 Å². The number of aromatic nitrogens is 2. The maximum absolute atomic E-state index is 11.5. The molecule has 1 amide bonds. The van der Waals surface area contributed by atoms with E-state index in [1.165, 1.54) is 0 Å². The minimum atomic E-state index is -0.209. The van der Waals surface area contributed by atoms with Gasteiger partial charge in [-0.25, -0.2) is 4.98 Å². The average molecular weight is 324 g/mol. The molecule has 6 heteroatoms. The minimum absolute atomic E-state index is 0.0856. The molecule has 1 aromatic carbocycles. The van der Waals surface area contributed by atoms with Crippen LogP contribution in [0.2, 0.25) is 0 Å². The lowest BCUT2D eigenvalue weighted by molar-refractivity contribution is -0.116. The summed E-state index contributed by atoms with van der Waals surface area (Å²) in [5.41, 5.74) is 7.99. The lowest BCUT2D eigenvalue weighted by Crippen LogP contribution is -2.39. The molecule has 1 fully saturated rings. The fourth-order valence-corrected chi connectivity index (χ4v) is 2.99. The Hall–Kier alpha value is -2.81. The smallest absolute Gasteiger partial charge is 0.296 e. The molecule has 24 heavy (non-hydrogen) atoms. The van der Waals surface area contributed by atoms with Gasteiger partial charge in [-0.1, -0.05) is 5.92 Å². The van der Waals surface area contributed by atoms with E-state index in [9.17, 15) is 4.79 Å². The topological polar surface area (TPSA) is 90.1 Å². The molecule has 124 valence electrons. The van der Waals surface area contributed by atoms with Gasteiger partial charge in [0.15, 0.2) is 0 Å². The van der Waals surface area contributed by atoms with E-state index in [1.807, 2.05) is 0 Å². The molecule has 0 aliphatic heterocycles. The van der Waals surface area contributed by atoms with Crippen molar-refractivity contribution in [1.29, 1.82) is 0 Å². The van der Waals surface area contributed by atoms with Gasteiger partial charge in [0.05, 0.1) is 11.6 Å². The Labute approximate surface area is 140 Å². The van der Waals surface area contributed by atoms with Gasteiger partial charge in [0.25, 0.3) is 5.91 Å². The zero-order chi connectivity index (χ0) is 16.9. The second kappa shape index (κ2) is 7.18.